The summed E-state index contributed by atoms with van der Waals surface area (Å²) in [5.41, 5.74) is 0.258. The zero-order valence-electron chi connectivity index (χ0n) is 9.99. The van der Waals surface area contributed by atoms with E-state index in [-0.39, 0.29) is 12.5 Å². The first-order valence-corrected chi connectivity index (χ1v) is 5.24. The van der Waals surface area contributed by atoms with E-state index in [1.54, 1.807) is 13.8 Å². The maximum Gasteiger partial charge on any atom is 0.508 e. The molecule has 0 aromatic heterocycles. The molecule has 0 aromatic carbocycles. The van der Waals surface area contributed by atoms with Crippen LogP contribution in [0.3, 0.4) is 0 Å². The summed E-state index contributed by atoms with van der Waals surface area (Å²) in [4.78, 5) is 22.4. The highest BCUT2D eigenvalue weighted by atomic mass is 16.7. The predicted octanol–water partition coefficient (Wildman–Crippen LogP) is 1.38. The third-order valence-electron chi connectivity index (χ3n) is 2.42. The van der Waals surface area contributed by atoms with Gasteiger partial charge < -0.3 is 14.8 Å². The Labute approximate surface area is 94.8 Å². The summed E-state index contributed by atoms with van der Waals surface area (Å²) in [5, 5.41) is 2.77. The van der Waals surface area contributed by atoms with Crippen molar-refractivity contribution in [3.8, 4) is 0 Å². The first kappa shape index (κ1) is 12.5. The summed E-state index contributed by atoms with van der Waals surface area (Å²) in [7, 11) is 0. The van der Waals surface area contributed by atoms with Gasteiger partial charge in [-0.05, 0) is 27.7 Å². The van der Waals surface area contributed by atoms with Gasteiger partial charge in [0, 0.05) is 11.6 Å². The Morgan fingerprint density at radius 1 is 1.56 bits per heavy atom. The first-order valence-electron chi connectivity index (χ1n) is 5.24. The molecular weight excluding hydrogens is 210 g/mol. The molecule has 0 saturated heterocycles. The summed E-state index contributed by atoms with van der Waals surface area (Å²) in [6.45, 7) is 7.40. The van der Waals surface area contributed by atoms with Crippen molar-refractivity contribution in [1.29, 1.82) is 0 Å². The standard InChI is InChI=1S/C11H17NO4/c1-5-15-10(14)16-7(2)8-6-9(13)12-11(8,3)4/h6-7H,5H2,1-4H3,(H,12,13). The van der Waals surface area contributed by atoms with Crippen LogP contribution in [0.1, 0.15) is 27.7 Å². The topological polar surface area (TPSA) is 64.6 Å². The smallest absolute Gasteiger partial charge is 0.435 e. The molecule has 1 rings (SSSR count). The molecular formula is C11H17NO4. The molecule has 1 aliphatic heterocycles. The van der Waals surface area contributed by atoms with Crippen LogP contribution in [0.4, 0.5) is 4.79 Å². The van der Waals surface area contributed by atoms with E-state index in [0.29, 0.717) is 0 Å². The normalized spacial score (nSPS) is 19.8. The van der Waals surface area contributed by atoms with Crippen molar-refractivity contribution in [3.63, 3.8) is 0 Å². The van der Waals surface area contributed by atoms with Gasteiger partial charge in [-0.2, -0.15) is 0 Å². The summed E-state index contributed by atoms with van der Waals surface area (Å²) in [6, 6.07) is 0. The molecule has 0 aliphatic carbocycles. The molecule has 1 amide bonds. The number of rotatable bonds is 3. The van der Waals surface area contributed by atoms with E-state index in [1.807, 2.05) is 13.8 Å². The van der Waals surface area contributed by atoms with E-state index >= 15 is 0 Å². The van der Waals surface area contributed by atoms with Crippen LogP contribution in [0.25, 0.3) is 0 Å². The van der Waals surface area contributed by atoms with Crippen LogP contribution in [0.5, 0.6) is 0 Å². The average Bonchev–Trinajstić information content (AvgIpc) is 2.39. The van der Waals surface area contributed by atoms with Gasteiger partial charge in [-0.15, -0.1) is 0 Å². The second-order valence-electron chi connectivity index (χ2n) is 4.16. The maximum absolute atomic E-state index is 11.2. The zero-order chi connectivity index (χ0) is 12.3. The molecule has 5 nitrogen and oxygen atoms in total. The monoisotopic (exact) mass is 227 g/mol. The SMILES string of the molecule is CCOC(=O)OC(C)C1=CC(=O)NC1(C)C. The number of nitrogens with one attached hydrogen (secondary N) is 1. The molecule has 1 unspecified atom stereocenters. The molecule has 0 aromatic rings. The highest BCUT2D eigenvalue weighted by molar-refractivity contribution is 5.93. The number of amides is 1. The highest BCUT2D eigenvalue weighted by Crippen LogP contribution is 2.26. The van der Waals surface area contributed by atoms with Crippen molar-refractivity contribution >= 4 is 12.1 Å². The molecule has 1 aliphatic rings. The van der Waals surface area contributed by atoms with E-state index in [9.17, 15) is 9.59 Å². The molecule has 0 radical (unpaired) electrons. The van der Waals surface area contributed by atoms with Crippen molar-refractivity contribution in [2.75, 3.05) is 6.61 Å². The molecule has 1 heterocycles. The molecule has 0 spiro atoms. The van der Waals surface area contributed by atoms with Crippen LogP contribution in [-0.4, -0.2) is 30.3 Å². The summed E-state index contributed by atoms with van der Waals surface area (Å²) in [5.74, 6) is -0.167. The maximum atomic E-state index is 11.2. The average molecular weight is 227 g/mol. The molecule has 90 valence electrons. The molecule has 5 heteroatoms. The number of carbonyl (C=O) groups excluding carboxylic acids is 2. The van der Waals surface area contributed by atoms with E-state index in [4.69, 9.17) is 4.74 Å². The fraction of sp³-hybridized carbons (Fsp3) is 0.636. The minimum absolute atomic E-state index is 0.167. The fourth-order valence-corrected chi connectivity index (χ4v) is 1.72. The summed E-state index contributed by atoms with van der Waals surface area (Å²) < 4.78 is 9.71. The van der Waals surface area contributed by atoms with Crippen LogP contribution >= 0.6 is 0 Å². The van der Waals surface area contributed by atoms with E-state index in [0.717, 1.165) is 5.57 Å². The lowest BCUT2D eigenvalue weighted by Crippen LogP contribution is -2.41. The molecule has 16 heavy (non-hydrogen) atoms. The number of hydrogen-bond acceptors (Lipinski definition) is 4. The van der Waals surface area contributed by atoms with Crippen LogP contribution in [0.2, 0.25) is 0 Å². The number of ether oxygens (including phenoxy) is 2. The van der Waals surface area contributed by atoms with Gasteiger partial charge in [0.15, 0.2) is 0 Å². The van der Waals surface area contributed by atoms with Gasteiger partial charge in [-0.1, -0.05) is 0 Å². The minimum Gasteiger partial charge on any atom is -0.435 e. The summed E-state index contributed by atoms with van der Waals surface area (Å²) in [6.07, 6.45) is 0.267. The second-order valence-corrected chi connectivity index (χ2v) is 4.16. The number of carbonyl (C=O) groups is 2. The Morgan fingerprint density at radius 2 is 2.19 bits per heavy atom. The lowest BCUT2D eigenvalue weighted by molar-refractivity contribution is -0.116. The third-order valence-corrected chi connectivity index (χ3v) is 2.42. The van der Waals surface area contributed by atoms with E-state index in [2.05, 4.69) is 10.1 Å². The summed E-state index contributed by atoms with van der Waals surface area (Å²) >= 11 is 0. The van der Waals surface area contributed by atoms with Crippen molar-refractivity contribution < 1.29 is 19.1 Å². The Morgan fingerprint density at radius 3 is 2.62 bits per heavy atom. The van der Waals surface area contributed by atoms with Crippen molar-refractivity contribution in [1.82, 2.24) is 5.32 Å². The first-order chi connectivity index (χ1) is 7.36. The van der Waals surface area contributed by atoms with Crippen LogP contribution in [0, 0.1) is 0 Å². The largest absolute Gasteiger partial charge is 0.508 e. The number of hydrogen-bond donors (Lipinski definition) is 1. The Kier molecular flexibility index (Phi) is 3.57. The van der Waals surface area contributed by atoms with Gasteiger partial charge in [0.05, 0.1) is 12.1 Å². The van der Waals surface area contributed by atoms with Gasteiger partial charge in [0.1, 0.15) is 6.10 Å². The lowest BCUT2D eigenvalue weighted by atomic mass is 9.93. The highest BCUT2D eigenvalue weighted by Gasteiger charge is 2.35. The second kappa shape index (κ2) is 4.55. The molecule has 1 N–H and O–H groups in total. The molecule has 0 fully saturated rings. The third kappa shape index (κ3) is 2.74. The Balaban J connectivity index is 2.67. The Hall–Kier alpha value is -1.52. The van der Waals surface area contributed by atoms with Crippen LogP contribution < -0.4 is 5.32 Å². The molecule has 0 bridgehead atoms. The van der Waals surface area contributed by atoms with E-state index < -0.39 is 17.8 Å². The van der Waals surface area contributed by atoms with Crippen molar-refractivity contribution in [2.45, 2.75) is 39.3 Å². The van der Waals surface area contributed by atoms with Crippen LogP contribution in [-0.2, 0) is 14.3 Å². The van der Waals surface area contributed by atoms with Gasteiger partial charge in [0.25, 0.3) is 0 Å². The Bertz CT molecular complexity index is 333. The predicted molar refractivity (Wildman–Crippen MR) is 57.9 cm³/mol. The van der Waals surface area contributed by atoms with Gasteiger partial charge in [-0.3, -0.25) is 4.79 Å². The zero-order valence-corrected chi connectivity index (χ0v) is 9.99. The van der Waals surface area contributed by atoms with Gasteiger partial charge in [-0.25, -0.2) is 4.79 Å². The fourth-order valence-electron chi connectivity index (χ4n) is 1.72. The van der Waals surface area contributed by atoms with E-state index in [1.165, 1.54) is 6.08 Å². The molecule has 1 atom stereocenters. The van der Waals surface area contributed by atoms with Crippen molar-refractivity contribution in [2.24, 2.45) is 0 Å². The van der Waals surface area contributed by atoms with Gasteiger partial charge in [0.2, 0.25) is 5.91 Å². The quantitative estimate of drug-likeness (QED) is 0.740. The molecule has 0 saturated carbocycles. The van der Waals surface area contributed by atoms with Crippen molar-refractivity contribution in [3.05, 3.63) is 11.6 Å². The minimum atomic E-state index is -0.717. The lowest BCUT2D eigenvalue weighted by Gasteiger charge is -2.26. The van der Waals surface area contributed by atoms with Gasteiger partial charge >= 0.3 is 6.16 Å². The van der Waals surface area contributed by atoms with Crippen LogP contribution in [0.15, 0.2) is 11.6 Å².